The molecule has 1 atom stereocenters. The molecule has 3 heteroatoms. The van der Waals surface area contributed by atoms with Gasteiger partial charge in [0.25, 0.3) is 0 Å². The van der Waals surface area contributed by atoms with E-state index in [1.807, 2.05) is 12.1 Å². The molecule has 0 amide bonds. The number of hydrogen-bond acceptors (Lipinski definition) is 3. The maximum atomic E-state index is 10.8. The molecule has 2 rings (SSSR count). The molecule has 0 fully saturated rings. The molecule has 0 saturated heterocycles. The van der Waals surface area contributed by atoms with Gasteiger partial charge in [-0.3, -0.25) is 4.79 Å². The molecule has 1 unspecified atom stereocenters. The maximum absolute atomic E-state index is 10.8. The summed E-state index contributed by atoms with van der Waals surface area (Å²) in [5.41, 5.74) is 8.66. The third kappa shape index (κ3) is 1.21. The summed E-state index contributed by atoms with van der Waals surface area (Å²) in [6.45, 7) is 0.650. The van der Waals surface area contributed by atoms with Gasteiger partial charge in [-0.2, -0.15) is 0 Å². The van der Waals surface area contributed by atoms with Crippen LogP contribution < -0.4 is 10.5 Å². The van der Waals surface area contributed by atoms with E-state index in [4.69, 9.17) is 10.5 Å². The van der Waals surface area contributed by atoms with Crippen molar-refractivity contribution in [2.75, 3.05) is 13.7 Å². The molecule has 1 aliphatic rings. The van der Waals surface area contributed by atoms with Gasteiger partial charge < -0.3 is 10.5 Å². The predicted molar refractivity (Wildman–Crippen MR) is 53.9 cm³/mol. The summed E-state index contributed by atoms with van der Waals surface area (Å²) in [5.74, 6) is 1.09. The van der Waals surface area contributed by atoms with E-state index in [0.717, 1.165) is 12.7 Å². The van der Waals surface area contributed by atoms with Crippen LogP contribution in [0.15, 0.2) is 12.1 Å². The van der Waals surface area contributed by atoms with Gasteiger partial charge in [-0.25, -0.2) is 0 Å². The first-order valence-corrected chi connectivity index (χ1v) is 4.66. The zero-order valence-electron chi connectivity index (χ0n) is 8.12. The van der Waals surface area contributed by atoms with Crippen molar-refractivity contribution in [1.29, 1.82) is 0 Å². The van der Waals surface area contributed by atoms with Gasteiger partial charge in [0.1, 0.15) is 5.75 Å². The molecule has 1 aromatic rings. The van der Waals surface area contributed by atoms with E-state index in [-0.39, 0.29) is 0 Å². The number of rotatable bonds is 3. The van der Waals surface area contributed by atoms with Crippen LogP contribution in [-0.4, -0.2) is 19.9 Å². The maximum Gasteiger partial charge on any atom is 0.153 e. The van der Waals surface area contributed by atoms with E-state index in [1.165, 1.54) is 11.1 Å². The first-order valence-electron chi connectivity index (χ1n) is 4.66. The lowest BCUT2D eigenvalue weighted by Crippen LogP contribution is -2.25. The van der Waals surface area contributed by atoms with Crippen LogP contribution in [-0.2, 0) is 6.42 Å². The Labute approximate surface area is 82.9 Å². The molecule has 1 aliphatic carbocycles. The zero-order chi connectivity index (χ0) is 10.1. The smallest absolute Gasteiger partial charge is 0.153 e. The Morgan fingerprint density at radius 2 is 2.43 bits per heavy atom. The molecular weight excluding hydrogens is 178 g/mol. The first-order chi connectivity index (χ1) is 6.80. The van der Waals surface area contributed by atoms with Gasteiger partial charge in [-0.15, -0.1) is 0 Å². The fraction of sp³-hybridized carbons (Fsp3) is 0.364. The van der Waals surface area contributed by atoms with Crippen molar-refractivity contribution in [1.82, 2.24) is 0 Å². The fourth-order valence-electron chi connectivity index (χ4n) is 1.94. The van der Waals surface area contributed by atoms with Gasteiger partial charge >= 0.3 is 0 Å². The van der Waals surface area contributed by atoms with E-state index < -0.39 is 0 Å². The molecule has 0 bridgehead atoms. The van der Waals surface area contributed by atoms with Crippen LogP contribution in [0.5, 0.6) is 5.75 Å². The lowest BCUT2D eigenvalue weighted by molar-refractivity contribution is 0.112. The van der Waals surface area contributed by atoms with Crippen molar-refractivity contribution in [3.05, 3.63) is 28.8 Å². The Morgan fingerprint density at radius 3 is 3.00 bits per heavy atom. The normalized spacial score (nSPS) is 18.3. The molecule has 1 aromatic carbocycles. The Kier molecular flexibility index (Phi) is 2.25. The number of carbonyl (C=O) groups is 1. The van der Waals surface area contributed by atoms with Crippen LogP contribution in [0.4, 0.5) is 0 Å². The van der Waals surface area contributed by atoms with Gasteiger partial charge in [0.2, 0.25) is 0 Å². The van der Waals surface area contributed by atoms with Crippen LogP contribution in [0, 0.1) is 0 Å². The van der Waals surface area contributed by atoms with Crippen molar-refractivity contribution < 1.29 is 9.53 Å². The Morgan fingerprint density at radius 1 is 1.64 bits per heavy atom. The summed E-state index contributed by atoms with van der Waals surface area (Å²) >= 11 is 0. The van der Waals surface area contributed by atoms with Gasteiger partial charge in [0.15, 0.2) is 6.29 Å². The van der Waals surface area contributed by atoms with Gasteiger partial charge in [-0.05, 0) is 36.2 Å². The minimum Gasteiger partial charge on any atom is -0.496 e. The molecular formula is C11H13NO2. The van der Waals surface area contributed by atoms with Gasteiger partial charge in [0.05, 0.1) is 12.7 Å². The lowest BCUT2D eigenvalue weighted by atomic mass is 9.76. The quantitative estimate of drug-likeness (QED) is 0.728. The largest absolute Gasteiger partial charge is 0.496 e. The SMILES string of the molecule is COc1cc2c(cc1C=O)C(CN)C2. The summed E-state index contributed by atoms with van der Waals surface area (Å²) in [5, 5.41) is 0. The standard InChI is InChI=1S/C11H13NO2/c1-14-11-4-7-2-8(5-12)10(7)3-9(11)6-13/h3-4,6,8H,2,5,12H2,1H3. The minimum atomic E-state index is 0.426. The second-order valence-corrected chi connectivity index (χ2v) is 3.55. The molecule has 0 spiro atoms. The minimum absolute atomic E-state index is 0.426. The molecule has 0 aliphatic heterocycles. The average molecular weight is 191 g/mol. The Hall–Kier alpha value is -1.35. The number of carbonyl (C=O) groups excluding carboxylic acids is 1. The monoisotopic (exact) mass is 191 g/mol. The number of methoxy groups -OCH3 is 1. The van der Waals surface area contributed by atoms with Crippen molar-refractivity contribution >= 4 is 6.29 Å². The van der Waals surface area contributed by atoms with E-state index >= 15 is 0 Å². The number of ether oxygens (including phenoxy) is 1. The highest BCUT2D eigenvalue weighted by Crippen LogP contribution is 2.38. The van der Waals surface area contributed by atoms with Crippen LogP contribution in [0.2, 0.25) is 0 Å². The lowest BCUT2D eigenvalue weighted by Gasteiger charge is -2.30. The average Bonchev–Trinajstić information content (AvgIpc) is 2.20. The number of nitrogens with two attached hydrogens (primary N) is 1. The Balaban J connectivity index is 2.43. The summed E-state index contributed by atoms with van der Waals surface area (Å²) in [7, 11) is 1.58. The van der Waals surface area contributed by atoms with Crippen LogP contribution >= 0.6 is 0 Å². The second-order valence-electron chi connectivity index (χ2n) is 3.55. The summed E-state index contributed by atoms with van der Waals surface area (Å²) in [6.07, 6.45) is 1.83. The number of aldehydes is 1. The fourth-order valence-corrected chi connectivity index (χ4v) is 1.94. The van der Waals surface area contributed by atoms with Crippen molar-refractivity contribution in [2.24, 2.45) is 5.73 Å². The molecule has 3 nitrogen and oxygen atoms in total. The first kappa shape index (κ1) is 9.21. The predicted octanol–water partition coefficient (Wildman–Crippen LogP) is 1.11. The van der Waals surface area contributed by atoms with Crippen LogP contribution in [0.3, 0.4) is 0 Å². The molecule has 14 heavy (non-hydrogen) atoms. The number of benzene rings is 1. The third-order valence-electron chi connectivity index (χ3n) is 2.81. The molecule has 0 aromatic heterocycles. The number of fused-ring (bicyclic) bond motifs is 1. The van der Waals surface area contributed by atoms with Crippen LogP contribution in [0.1, 0.15) is 27.4 Å². The zero-order valence-corrected chi connectivity index (χ0v) is 8.12. The van der Waals surface area contributed by atoms with E-state index in [9.17, 15) is 4.79 Å². The molecule has 74 valence electrons. The van der Waals surface area contributed by atoms with Gasteiger partial charge in [0, 0.05) is 5.92 Å². The van der Waals surface area contributed by atoms with E-state index in [1.54, 1.807) is 7.11 Å². The van der Waals surface area contributed by atoms with E-state index in [0.29, 0.717) is 23.8 Å². The molecule has 0 saturated carbocycles. The van der Waals surface area contributed by atoms with Crippen molar-refractivity contribution in [2.45, 2.75) is 12.3 Å². The molecule has 2 N–H and O–H groups in total. The highest BCUT2D eigenvalue weighted by Gasteiger charge is 2.26. The molecule has 0 radical (unpaired) electrons. The van der Waals surface area contributed by atoms with Crippen molar-refractivity contribution in [3.63, 3.8) is 0 Å². The van der Waals surface area contributed by atoms with Gasteiger partial charge in [-0.1, -0.05) is 0 Å². The summed E-state index contributed by atoms with van der Waals surface area (Å²) < 4.78 is 5.11. The van der Waals surface area contributed by atoms with Crippen molar-refractivity contribution in [3.8, 4) is 5.75 Å². The highest BCUT2D eigenvalue weighted by molar-refractivity contribution is 5.80. The highest BCUT2D eigenvalue weighted by atomic mass is 16.5. The number of hydrogen-bond donors (Lipinski definition) is 1. The summed E-state index contributed by atoms with van der Waals surface area (Å²) in [6, 6.07) is 3.83. The third-order valence-corrected chi connectivity index (χ3v) is 2.81. The van der Waals surface area contributed by atoms with Crippen LogP contribution in [0.25, 0.3) is 0 Å². The second kappa shape index (κ2) is 3.42. The topological polar surface area (TPSA) is 52.3 Å². The van der Waals surface area contributed by atoms with E-state index in [2.05, 4.69) is 0 Å². The summed E-state index contributed by atoms with van der Waals surface area (Å²) in [4.78, 5) is 10.8. The molecule has 0 heterocycles. The Bertz CT molecular complexity index is 374.